The summed E-state index contributed by atoms with van der Waals surface area (Å²) in [6.45, 7) is 1.81. The number of fused-ring (bicyclic) bond motifs is 1. The molecule has 7 nitrogen and oxygen atoms in total. The van der Waals surface area contributed by atoms with Gasteiger partial charge in [0.05, 0.1) is 5.69 Å². The fourth-order valence-electron chi connectivity index (χ4n) is 2.19. The van der Waals surface area contributed by atoms with Gasteiger partial charge in [0.2, 0.25) is 5.95 Å². The number of hydrogen-bond acceptors (Lipinski definition) is 6. The molecule has 0 amide bonds. The number of nitrogen functional groups attached to an aromatic ring is 1. The van der Waals surface area contributed by atoms with Gasteiger partial charge in [0.15, 0.2) is 17.1 Å². The molecule has 0 saturated heterocycles. The van der Waals surface area contributed by atoms with Crippen LogP contribution in [0.15, 0.2) is 18.2 Å². The number of phenols is 2. The SMILES string of the molecule is CC(c1ccc(O)c(O)c1)c1nc(N)nc2nc(F)[nH]c12. The zero-order valence-electron chi connectivity index (χ0n) is 11.0. The Morgan fingerprint density at radius 2 is 1.95 bits per heavy atom. The van der Waals surface area contributed by atoms with Gasteiger partial charge in [0.1, 0.15) is 5.52 Å². The summed E-state index contributed by atoms with van der Waals surface area (Å²) in [6.07, 6.45) is -0.771. The summed E-state index contributed by atoms with van der Waals surface area (Å²) in [6, 6.07) is 4.42. The van der Waals surface area contributed by atoms with E-state index in [1.807, 2.05) is 6.92 Å². The summed E-state index contributed by atoms with van der Waals surface area (Å²) >= 11 is 0. The zero-order chi connectivity index (χ0) is 15.1. The van der Waals surface area contributed by atoms with Gasteiger partial charge < -0.3 is 20.9 Å². The monoisotopic (exact) mass is 289 g/mol. The highest BCUT2D eigenvalue weighted by Crippen LogP contribution is 2.33. The summed E-state index contributed by atoms with van der Waals surface area (Å²) in [5.41, 5.74) is 7.25. The third-order valence-electron chi connectivity index (χ3n) is 3.28. The number of nitrogens with one attached hydrogen (secondary N) is 1. The maximum absolute atomic E-state index is 13.3. The lowest BCUT2D eigenvalue weighted by molar-refractivity contribution is 0.403. The van der Waals surface area contributed by atoms with E-state index in [1.165, 1.54) is 12.1 Å². The number of imidazole rings is 1. The van der Waals surface area contributed by atoms with Crippen LogP contribution in [0.1, 0.15) is 24.1 Å². The summed E-state index contributed by atoms with van der Waals surface area (Å²) in [5.74, 6) is -0.790. The first-order valence-electron chi connectivity index (χ1n) is 6.16. The number of nitrogens with two attached hydrogens (primary N) is 1. The third kappa shape index (κ3) is 2.20. The molecule has 8 heteroatoms. The maximum atomic E-state index is 13.3. The molecule has 1 unspecified atom stereocenters. The minimum atomic E-state index is -0.771. The lowest BCUT2D eigenvalue weighted by Gasteiger charge is -2.13. The fraction of sp³-hybridized carbons (Fsp3) is 0.154. The molecule has 3 aromatic rings. The Morgan fingerprint density at radius 3 is 2.67 bits per heavy atom. The minimum absolute atomic E-state index is 0.0150. The molecular weight excluding hydrogens is 277 g/mol. The molecule has 21 heavy (non-hydrogen) atoms. The molecular formula is C13H12FN5O2. The molecule has 0 fully saturated rings. The van der Waals surface area contributed by atoms with E-state index in [0.29, 0.717) is 16.8 Å². The Labute approximate surface area is 118 Å². The van der Waals surface area contributed by atoms with Crippen molar-refractivity contribution in [1.82, 2.24) is 19.9 Å². The van der Waals surface area contributed by atoms with Crippen LogP contribution >= 0.6 is 0 Å². The van der Waals surface area contributed by atoms with Crippen LogP contribution in [-0.2, 0) is 0 Å². The first kappa shape index (κ1) is 13.1. The molecule has 0 aliphatic rings. The van der Waals surface area contributed by atoms with Gasteiger partial charge in [-0.1, -0.05) is 13.0 Å². The van der Waals surface area contributed by atoms with Crippen molar-refractivity contribution < 1.29 is 14.6 Å². The van der Waals surface area contributed by atoms with Crippen molar-refractivity contribution in [2.75, 3.05) is 5.73 Å². The van der Waals surface area contributed by atoms with Gasteiger partial charge in [-0.05, 0) is 17.7 Å². The van der Waals surface area contributed by atoms with E-state index in [1.54, 1.807) is 6.07 Å². The van der Waals surface area contributed by atoms with E-state index >= 15 is 0 Å². The molecule has 108 valence electrons. The van der Waals surface area contributed by atoms with Crippen LogP contribution in [0.4, 0.5) is 10.3 Å². The minimum Gasteiger partial charge on any atom is -0.504 e. The highest BCUT2D eigenvalue weighted by Gasteiger charge is 2.19. The largest absolute Gasteiger partial charge is 0.504 e. The maximum Gasteiger partial charge on any atom is 0.289 e. The summed E-state index contributed by atoms with van der Waals surface area (Å²) in [7, 11) is 0. The van der Waals surface area contributed by atoms with Gasteiger partial charge in [-0.3, -0.25) is 0 Å². The van der Waals surface area contributed by atoms with Crippen molar-refractivity contribution in [3.8, 4) is 11.5 Å². The van der Waals surface area contributed by atoms with Crippen LogP contribution in [-0.4, -0.2) is 30.1 Å². The average molecular weight is 289 g/mol. The lowest BCUT2D eigenvalue weighted by Crippen LogP contribution is -2.05. The lowest BCUT2D eigenvalue weighted by atomic mass is 9.96. The second kappa shape index (κ2) is 4.58. The Balaban J connectivity index is 2.16. The molecule has 1 atom stereocenters. The van der Waals surface area contributed by atoms with Crippen LogP contribution in [0.25, 0.3) is 11.2 Å². The van der Waals surface area contributed by atoms with Crippen molar-refractivity contribution in [2.24, 2.45) is 0 Å². The zero-order valence-corrected chi connectivity index (χ0v) is 11.0. The topological polar surface area (TPSA) is 121 Å². The van der Waals surface area contributed by atoms with Crippen LogP contribution in [0, 0.1) is 6.08 Å². The van der Waals surface area contributed by atoms with Crippen molar-refractivity contribution in [1.29, 1.82) is 0 Å². The van der Waals surface area contributed by atoms with Gasteiger partial charge in [-0.15, -0.1) is 0 Å². The second-order valence-electron chi connectivity index (χ2n) is 4.66. The number of aromatic hydroxyl groups is 2. The summed E-state index contributed by atoms with van der Waals surface area (Å²) in [5, 5.41) is 18.9. The first-order valence-corrected chi connectivity index (χ1v) is 6.16. The number of nitrogens with zero attached hydrogens (tertiary/aromatic N) is 3. The molecule has 0 bridgehead atoms. The summed E-state index contributed by atoms with van der Waals surface area (Å²) in [4.78, 5) is 14.0. The van der Waals surface area contributed by atoms with Crippen LogP contribution in [0.5, 0.6) is 11.5 Å². The molecule has 0 aliphatic heterocycles. The number of rotatable bonds is 2. The normalized spacial score (nSPS) is 12.7. The van der Waals surface area contributed by atoms with Crippen molar-refractivity contribution in [3.05, 3.63) is 35.5 Å². The van der Waals surface area contributed by atoms with Crippen LogP contribution < -0.4 is 5.73 Å². The van der Waals surface area contributed by atoms with E-state index in [0.717, 1.165) is 0 Å². The number of H-pyrrole nitrogens is 1. The standard InChI is InChI=1S/C13H12FN5O2/c1-5(6-2-3-7(20)8(21)4-6)9-10-11(18-12(14)16-10)19-13(15)17-9/h2-5,20-21H,1H3,(H3,15,16,17,18,19). The van der Waals surface area contributed by atoms with Crippen LogP contribution in [0.2, 0.25) is 0 Å². The molecule has 2 aromatic heterocycles. The highest BCUT2D eigenvalue weighted by atomic mass is 19.1. The Hall–Kier alpha value is -2.90. The molecule has 0 aliphatic carbocycles. The van der Waals surface area contributed by atoms with Gasteiger partial charge >= 0.3 is 0 Å². The van der Waals surface area contributed by atoms with Gasteiger partial charge in [0.25, 0.3) is 6.08 Å². The molecule has 2 heterocycles. The van der Waals surface area contributed by atoms with Crippen LogP contribution in [0.3, 0.4) is 0 Å². The molecule has 0 radical (unpaired) electrons. The quantitative estimate of drug-likeness (QED) is 0.420. The number of anilines is 1. The van der Waals surface area contributed by atoms with Gasteiger partial charge in [-0.2, -0.15) is 14.4 Å². The fourth-order valence-corrected chi connectivity index (χ4v) is 2.19. The van der Waals surface area contributed by atoms with E-state index in [-0.39, 0.29) is 29.0 Å². The molecule has 0 spiro atoms. The molecule has 0 saturated carbocycles. The number of halogens is 1. The van der Waals surface area contributed by atoms with E-state index in [4.69, 9.17) is 5.73 Å². The van der Waals surface area contributed by atoms with E-state index in [9.17, 15) is 14.6 Å². The predicted octanol–water partition coefficient (Wildman–Crippen LogP) is 1.64. The Kier molecular flexibility index (Phi) is 2.86. The van der Waals surface area contributed by atoms with Crippen molar-refractivity contribution in [3.63, 3.8) is 0 Å². The summed E-state index contributed by atoms with van der Waals surface area (Å²) < 4.78 is 13.3. The smallest absolute Gasteiger partial charge is 0.289 e. The Morgan fingerprint density at radius 1 is 1.19 bits per heavy atom. The second-order valence-corrected chi connectivity index (χ2v) is 4.66. The van der Waals surface area contributed by atoms with E-state index < -0.39 is 6.08 Å². The number of phenolic OH excluding ortho intramolecular Hbond substituents is 2. The first-order chi connectivity index (χ1) is 9.95. The highest BCUT2D eigenvalue weighted by molar-refractivity contribution is 5.75. The third-order valence-corrected chi connectivity index (χ3v) is 3.28. The van der Waals surface area contributed by atoms with E-state index in [2.05, 4.69) is 19.9 Å². The molecule has 1 aromatic carbocycles. The number of hydrogen-bond donors (Lipinski definition) is 4. The van der Waals surface area contributed by atoms with Gasteiger partial charge in [-0.25, -0.2) is 4.98 Å². The number of aromatic amines is 1. The van der Waals surface area contributed by atoms with Crippen molar-refractivity contribution >= 4 is 17.1 Å². The Bertz CT molecular complexity index is 833. The number of aromatic nitrogens is 4. The number of benzene rings is 1. The molecule has 3 rings (SSSR count). The van der Waals surface area contributed by atoms with Gasteiger partial charge in [0, 0.05) is 5.92 Å². The van der Waals surface area contributed by atoms with Crippen molar-refractivity contribution in [2.45, 2.75) is 12.8 Å². The predicted molar refractivity (Wildman–Crippen MR) is 73.3 cm³/mol. The average Bonchev–Trinajstić information content (AvgIpc) is 2.80. The molecule has 5 N–H and O–H groups in total.